The minimum Gasteiger partial charge on any atom is -0.492 e. The van der Waals surface area contributed by atoms with Crippen molar-refractivity contribution in [1.29, 1.82) is 0 Å². The van der Waals surface area contributed by atoms with Gasteiger partial charge in [-0.3, -0.25) is 0 Å². The van der Waals surface area contributed by atoms with E-state index in [1.165, 1.54) is 18.2 Å². The van der Waals surface area contributed by atoms with E-state index in [0.717, 1.165) is 19.3 Å². The van der Waals surface area contributed by atoms with Crippen molar-refractivity contribution in [3.63, 3.8) is 0 Å². The molecule has 0 aromatic heterocycles. The first kappa shape index (κ1) is 16.2. The molecule has 108 valence electrons. The summed E-state index contributed by atoms with van der Waals surface area (Å²) < 4.78 is 39.5. The first-order valence-corrected chi connectivity index (χ1v) is 8.06. The Kier molecular flexibility index (Phi) is 6.54. The third-order valence-corrected chi connectivity index (χ3v) is 3.63. The lowest BCUT2D eigenvalue weighted by Gasteiger charge is -2.07. The highest BCUT2D eigenvalue weighted by Gasteiger charge is 2.03. The number of nitrogens with two attached hydrogens (primary N) is 1. The average Bonchev–Trinajstić information content (AvgIpc) is 2.29. The number of sulfonamides is 1. The second-order valence-corrected chi connectivity index (χ2v) is 6.35. The van der Waals surface area contributed by atoms with Gasteiger partial charge in [0.15, 0.2) is 0 Å². The van der Waals surface area contributed by atoms with Gasteiger partial charge in [0, 0.05) is 0 Å². The molecule has 2 N–H and O–H groups in total. The Hall–Kier alpha value is -0.850. The summed E-state index contributed by atoms with van der Waals surface area (Å²) in [4.78, 5) is 0. The van der Waals surface area contributed by atoms with Crippen molar-refractivity contribution < 1.29 is 17.5 Å². The van der Waals surface area contributed by atoms with Gasteiger partial charge >= 0.3 is 0 Å². The van der Waals surface area contributed by atoms with Gasteiger partial charge in [0.05, 0.1) is 17.4 Å². The summed E-state index contributed by atoms with van der Waals surface area (Å²) in [6, 6.07) is 3.97. The number of primary sulfonamides is 1. The zero-order valence-corrected chi connectivity index (χ0v) is 12.0. The quantitative estimate of drug-likeness (QED) is 0.751. The zero-order chi connectivity index (χ0) is 14.3. The smallest absolute Gasteiger partial charge is 0.209 e. The van der Waals surface area contributed by atoms with Gasteiger partial charge < -0.3 is 4.74 Å². The summed E-state index contributed by atoms with van der Waals surface area (Å²) >= 11 is 5.80. The van der Waals surface area contributed by atoms with Crippen LogP contribution in [-0.2, 0) is 10.0 Å². The molecular formula is C12H17ClFNO3S. The molecule has 0 radical (unpaired) electrons. The highest BCUT2D eigenvalue weighted by atomic mass is 35.5. The lowest BCUT2D eigenvalue weighted by molar-refractivity contribution is 0.305. The summed E-state index contributed by atoms with van der Waals surface area (Å²) in [6.07, 6.45) is 2.94. The van der Waals surface area contributed by atoms with Gasteiger partial charge in [0.1, 0.15) is 11.6 Å². The molecule has 7 heteroatoms. The van der Waals surface area contributed by atoms with Gasteiger partial charge in [-0.15, -0.1) is 0 Å². The number of benzene rings is 1. The molecule has 0 aliphatic rings. The van der Waals surface area contributed by atoms with E-state index in [1.807, 2.05) is 0 Å². The predicted molar refractivity (Wildman–Crippen MR) is 73.3 cm³/mol. The molecule has 0 bridgehead atoms. The van der Waals surface area contributed by atoms with Gasteiger partial charge in [-0.05, 0) is 31.0 Å². The Morgan fingerprint density at radius 2 is 1.89 bits per heavy atom. The molecule has 0 aliphatic carbocycles. The second kappa shape index (κ2) is 7.67. The van der Waals surface area contributed by atoms with Crippen molar-refractivity contribution in [1.82, 2.24) is 0 Å². The molecule has 0 aliphatic heterocycles. The van der Waals surface area contributed by atoms with E-state index in [9.17, 15) is 12.8 Å². The summed E-state index contributed by atoms with van der Waals surface area (Å²) in [5, 5.41) is 5.13. The predicted octanol–water partition coefficient (Wildman–Crippen LogP) is 2.71. The third kappa shape index (κ3) is 7.34. The molecule has 1 aromatic rings. The van der Waals surface area contributed by atoms with Crippen LogP contribution in [0.1, 0.15) is 25.7 Å². The maximum absolute atomic E-state index is 12.8. The van der Waals surface area contributed by atoms with Crippen LogP contribution in [0.5, 0.6) is 5.75 Å². The molecular weight excluding hydrogens is 293 g/mol. The molecule has 4 nitrogen and oxygen atoms in total. The van der Waals surface area contributed by atoms with Crippen LogP contribution in [0.15, 0.2) is 18.2 Å². The lowest BCUT2D eigenvalue weighted by Crippen LogP contribution is -2.16. The van der Waals surface area contributed by atoms with Crippen LogP contribution >= 0.6 is 11.6 Å². The van der Waals surface area contributed by atoms with Crippen LogP contribution < -0.4 is 9.88 Å². The van der Waals surface area contributed by atoms with Crippen molar-refractivity contribution >= 4 is 21.6 Å². The molecule has 0 atom stereocenters. The molecule has 0 spiro atoms. The van der Waals surface area contributed by atoms with Gasteiger partial charge in [-0.2, -0.15) is 0 Å². The minimum absolute atomic E-state index is 0.0116. The van der Waals surface area contributed by atoms with E-state index < -0.39 is 15.8 Å². The summed E-state index contributed by atoms with van der Waals surface area (Å²) in [6.45, 7) is 0.459. The normalized spacial score (nSPS) is 11.5. The maximum atomic E-state index is 12.8. The Bertz CT molecular complexity index is 508. The molecule has 0 saturated heterocycles. The monoisotopic (exact) mass is 309 g/mol. The van der Waals surface area contributed by atoms with Crippen molar-refractivity contribution in [2.75, 3.05) is 12.4 Å². The Balaban J connectivity index is 2.14. The molecule has 1 aromatic carbocycles. The Morgan fingerprint density at radius 1 is 1.21 bits per heavy atom. The van der Waals surface area contributed by atoms with Crippen LogP contribution in [0, 0.1) is 5.82 Å². The molecule has 19 heavy (non-hydrogen) atoms. The molecule has 0 amide bonds. The molecule has 0 saturated carbocycles. The first-order valence-electron chi connectivity index (χ1n) is 5.97. The van der Waals surface area contributed by atoms with E-state index >= 15 is 0 Å². The van der Waals surface area contributed by atoms with Crippen LogP contribution in [0.25, 0.3) is 0 Å². The fourth-order valence-corrected chi connectivity index (χ4v) is 2.36. The average molecular weight is 310 g/mol. The minimum atomic E-state index is -3.35. The van der Waals surface area contributed by atoms with Crippen LogP contribution in [0.4, 0.5) is 4.39 Å². The van der Waals surface area contributed by atoms with E-state index in [4.69, 9.17) is 21.5 Å². The maximum Gasteiger partial charge on any atom is 0.209 e. The van der Waals surface area contributed by atoms with Crippen molar-refractivity contribution in [3.8, 4) is 5.75 Å². The number of rotatable bonds is 8. The fraction of sp³-hybridized carbons (Fsp3) is 0.500. The Morgan fingerprint density at radius 3 is 2.53 bits per heavy atom. The largest absolute Gasteiger partial charge is 0.492 e. The van der Waals surface area contributed by atoms with E-state index in [1.54, 1.807) is 0 Å². The number of halogens is 2. The lowest BCUT2D eigenvalue weighted by atomic mass is 10.2. The summed E-state index contributed by atoms with van der Waals surface area (Å²) in [7, 11) is -3.35. The fourth-order valence-electron chi connectivity index (χ4n) is 1.53. The van der Waals surface area contributed by atoms with Crippen molar-refractivity contribution in [2.45, 2.75) is 25.7 Å². The highest BCUT2D eigenvalue weighted by molar-refractivity contribution is 7.89. The van der Waals surface area contributed by atoms with Gasteiger partial charge in [0.2, 0.25) is 10.0 Å². The Labute approximate surface area is 117 Å². The van der Waals surface area contributed by atoms with Gasteiger partial charge in [0.25, 0.3) is 0 Å². The van der Waals surface area contributed by atoms with Crippen LogP contribution in [-0.4, -0.2) is 20.8 Å². The van der Waals surface area contributed by atoms with E-state index in [2.05, 4.69) is 0 Å². The highest BCUT2D eigenvalue weighted by Crippen LogP contribution is 2.24. The van der Waals surface area contributed by atoms with E-state index in [0.29, 0.717) is 18.8 Å². The van der Waals surface area contributed by atoms with Crippen molar-refractivity contribution in [2.24, 2.45) is 5.14 Å². The number of ether oxygens (including phenoxy) is 1. The topological polar surface area (TPSA) is 69.4 Å². The van der Waals surface area contributed by atoms with Crippen molar-refractivity contribution in [3.05, 3.63) is 29.0 Å². The number of hydrogen-bond donors (Lipinski definition) is 1. The van der Waals surface area contributed by atoms with E-state index in [-0.39, 0.29) is 10.8 Å². The molecule has 1 rings (SSSR count). The second-order valence-electron chi connectivity index (χ2n) is 4.20. The summed E-state index contributed by atoms with van der Waals surface area (Å²) in [5.41, 5.74) is 0. The zero-order valence-electron chi connectivity index (χ0n) is 10.4. The summed E-state index contributed by atoms with van der Waals surface area (Å²) in [5.74, 6) is 0.0606. The number of unbranched alkanes of at least 4 members (excludes halogenated alkanes) is 3. The van der Waals surface area contributed by atoms with Gasteiger partial charge in [-0.1, -0.05) is 24.4 Å². The first-order chi connectivity index (χ1) is 8.88. The molecule has 0 fully saturated rings. The molecule has 0 heterocycles. The van der Waals surface area contributed by atoms with Crippen LogP contribution in [0.2, 0.25) is 5.02 Å². The van der Waals surface area contributed by atoms with Gasteiger partial charge in [-0.25, -0.2) is 17.9 Å². The molecule has 0 unspecified atom stereocenters. The number of hydrogen-bond acceptors (Lipinski definition) is 3. The van der Waals surface area contributed by atoms with Crippen LogP contribution in [0.3, 0.4) is 0 Å². The standard InChI is InChI=1S/C12H17ClFNO3S/c13-11-9-10(14)5-6-12(11)18-7-3-1-2-4-8-19(15,16)17/h5-6,9H,1-4,7-8H2,(H2,15,16,17). The third-order valence-electron chi connectivity index (χ3n) is 2.47. The SMILES string of the molecule is NS(=O)(=O)CCCCCCOc1ccc(F)cc1Cl.